The van der Waals surface area contributed by atoms with Crippen LogP contribution in [0.25, 0.3) is 0 Å². The van der Waals surface area contributed by atoms with Crippen molar-refractivity contribution in [1.29, 1.82) is 0 Å². The molecule has 0 aromatic rings. The van der Waals surface area contributed by atoms with E-state index in [1.165, 1.54) is 0 Å². The van der Waals surface area contributed by atoms with E-state index in [4.69, 9.17) is 0 Å². The van der Waals surface area contributed by atoms with Gasteiger partial charge in [0.05, 0.1) is 5.75 Å². The summed E-state index contributed by atoms with van der Waals surface area (Å²) >= 11 is 0. The Kier molecular flexibility index (Phi) is 5.00. The van der Waals surface area contributed by atoms with Crippen molar-refractivity contribution >= 4 is 10.0 Å². The fourth-order valence-electron chi connectivity index (χ4n) is 2.90. The monoisotopic (exact) mass is 275 g/mol. The van der Waals surface area contributed by atoms with Gasteiger partial charge in [0.25, 0.3) is 0 Å². The van der Waals surface area contributed by atoms with Gasteiger partial charge in [-0.15, -0.1) is 0 Å². The fourth-order valence-corrected chi connectivity index (χ4v) is 4.52. The van der Waals surface area contributed by atoms with Crippen LogP contribution in [0.3, 0.4) is 0 Å². The van der Waals surface area contributed by atoms with Crippen LogP contribution in [0.5, 0.6) is 0 Å². The molecule has 0 aliphatic carbocycles. The van der Waals surface area contributed by atoms with Gasteiger partial charge in [-0.05, 0) is 45.3 Å². The maximum Gasteiger partial charge on any atom is 0.213 e. The lowest BCUT2D eigenvalue weighted by atomic mass is 10.1. The van der Waals surface area contributed by atoms with Crippen molar-refractivity contribution in [3.05, 3.63) is 0 Å². The van der Waals surface area contributed by atoms with Gasteiger partial charge in [-0.1, -0.05) is 6.92 Å². The second-order valence-electron chi connectivity index (χ2n) is 5.42. The summed E-state index contributed by atoms with van der Waals surface area (Å²) in [5.41, 5.74) is 0. The van der Waals surface area contributed by atoms with Crippen LogP contribution in [0.2, 0.25) is 0 Å². The van der Waals surface area contributed by atoms with Crippen LogP contribution in [0, 0.1) is 0 Å². The number of hydrogen-bond acceptors (Lipinski definition) is 4. The smallest absolute Gasteiger partial charge is 0.213 e. The molecule has 2 aliphatic heterocycles. The van der Waals surface area contributed by atoms with Crippen LogP contribution >= 0.6 is 0 Å². The van der Waals surface area contributed by atoms with E-state index in [-0.39, 0.29) is 17.8 Å². The Morgan fingerprint density at radius 1 is 1.33 bits per heavy atom. The van der Waals surface area contributed by atoms with Crippen molar-refractivity contribution in [2.75, 3.05) is 31.9 Å². The first-order valence-corrected chi connectivity index (χ1v) is 8.70. The summed E-state index contributed by atoms with van der Waals surface area (Å²) in [6.45, 7) is 6.03. The summed E-state index contributed by atoms with van der Waals surface area (Å²) in [7, 11) is -3.14. The lowest BCUT2D eigenvalue weighted by Gasteiger charge is -2.32. The van der Waals surface area contributed by atoms with E-state index in [9.17, 15) is 8.42 Å². The number of sulfonamides is 1. The zero-order valence-corrected chi connectivity index (χ0v) is 12.0. The Morgan fingerprint density at radius 3 is 2.83 bits per heavy atom. The Labute approximate surface area is 110 Å². The third-order valence-electron chi connectivity index (χ3n) is 3.88. The van der Waals surface area contributed by atoms with E-state index >= 15 is 0 Å². The van der Waals surface area contributed by atoms with Crippen molar-refractivity contribution in [3.63, 3.8) is 0 Å². The lowest BCUT2D eigenvalue weighted by molar-refractivity contribution is 0.211. The van der Waals surface area contributed by atoms with Gasteiger partial charge in [0.2, 0.25) is 10.0 Å². The first-order chi connectivity index (χ1) is 8.59. The molecule has 0 bridgehead atoms. The maximum absolute atomic E-state index is 12.1. The van der Waals surface area contributed by atoms with E-state index < -0.39 is 10.0 Å². The molecular formula is C12H25N3O2S. The highest BCUT2D eigenvalue weighted by molar-refractivity contribution is 7.89. The summed E-state index contributed by atoms with van der Waals surface area (Å²) in [5.74, 6) is 0.232. The normalized spacial score (nSPS) is 30.7. The Bertz CT molecular complexity index is 352. The van der Waals surface area contributed by atoms with Gasteiger partial charge in [0.1, 0.15) is 0 Å². The van der Waals surface area contributed by atoms with Crippen molar-refractivity contribution < 1.29 is 8.42 Å². The minimum Gasteiger partial charge on any atom is -0.313 e. The van der Waals surface area contributed by atoms with Crippen LogP contribution in [0.15, 0.2) is 0 Å². The summed E-state index contributed by atoms with van der Waals surface area (Å²) in [6.07, 6.45) is 4.12. The molecule has 0 radical (unpaired) electrons. The van der Waals surface area contributed by atoms with E-state index in [1.54, 1.807) is 0 Å². The van der Waals surface area contributed by atoms with E-state index in [1.807, 2.05) is 0 Å². The second-order valence-corrected chi connectivity index (χ2v) is 7.22. The van der Waals surface area contributed by atoms with Crippen molar-refractivity contribution in [2.24, 2.45) is 0 Å². The average Bonchev–Trinajstić information content (AvgIpc) is 2.80. The van der Waals surface area contributed by atoms with Crippen LogP contribution in [-0.2, 0) is 10.0 Å². The summed E-state index contributed by atoms with van der Waals surface area (Å²) < 4.78 is 27.0. The Hall–Kier alpha value is -0.170. The van der Waals surface area contributed by atoms with Crippen molar-refractivity contribution in [3.8, 4) is 0 Å². The molecule has 18 heavy (non-hydrogen) atoms. The van der Waals surface area contributed by atoms with E-state index in [0.29, 0.717) is 0 Å². The Morgan fingerprint density at radius 2 is 2.17 bits per heavy atom. The third kappa shape index (κ3) is 4.19. The molecule has 106 valence electrons. The topological polar surface area (TPSA) is 61.4 Å². The first kappa shape index (κ1) is 14.2. The van der Waals surface area contributed by atoms with Crippen LogP contribution < -0.4 is 10.0 Å². The molecule has 0 saturated carbocycles. The molecule has 0 aromatic carbocycles. The van der Waals surface area contributed by atoms with Gasteiger partial charge in [-0.2, -0.15) is 0 Å². The fraction of sp³-hybridized carbons (Fsp3) is 1.00. The van der Waals surface area contributed by atoms with Gasteiger partial charge in [-0.25, -0.2) is 13.1 Å². The SMILES string of the molecule is CCN1CCCC(NS(=O)(=O)CC2CCCN2)C1. The average molecular weight is 275 g/mol. The third-order valence-corrected chi connectivity index (χ3v) is 5.42. The molecule has 5 nitrogen and oxygen atoms in total. The predicted molar refractivity (Wildman–Crippen MR) is 73.1 cm³/mol. The van der Waals surface area contributed by atoms with Crippen molar-refractivity contribution in [2.45, 2.75) is 44.7 Å². The molecule has 2 aliphatic rings. The molecule has 0 aromatic heterocycles. The molecule has 2 atom stereocenters. The van der Waals surface area contributed by atoms with Crippen molar-refractivity contribution in [1.82, 2.24) is 14.9 Å². The summed E-state index contributed by atoms with van der Waals surface area (Å²) in [4.78, 5) is 2.31. The number of likely N-dealkylation sites (N-methyl/N-ethyl adjacent to an activating group) is 1. The molecule has 2 rings (SSSR count). The highest BCUT2D eigenvalue weighted by Crippen LogP contribution is 2.12. The lowest BCUT2D eigenvalue weighted by Crippen LogP contribution is -2.49. The number of piperidine rings is 1. The van der Waals surface area contributed by atoms with Gasteiger partial charge in [-0.3, -0.25) is 0 Å². The van der Waals surface area contributed by atoms with Gasteiger partial charge < -0.3 is 10.2 Å². The Balaban J connectivity index is 1.83. The molecule has 2 N–H and O–H groups in total. The highest BCUT2D eigenvalue weighted by atomic mass is 32.2. The number of nitrogens with one attached hydrogen (secondary N) is 2. The van der Waals surface area contributed by atoms with Crippen LogP contribution in [0.4, 0.5) is 0 Å². The summed E-state index contributed by atoms with van der Waals surface area (Å²) in [5, 5.41) is 3.24. The minimum atomic E-state index is -3.14. The van der Waals surface area contributed by atoms with E-state index in [2.05, 4.69) is 21.9 Å². The molecule has 0 spiro atoms. The number of hydrogen-bond donors (Lipinski definition) is 2. The zero-order chi connectivity index (χ0) is 13.0. The predicted octanol–water partition coefficient (Wildman–Crippen LogP) is 0.142. The van der Waals surface area contributed by atoms with Crippen LogP contribution in [-0.4, -0.2) is 57.3 Å². The highest BCUT2D eigenvalue weighted by Gasteiger charge is 2.26. The van der Waals surface area contributed by atoms with Gasteiger partial charge >= 0.3 is 0 Å². The first-order valence-electron chi connectivity index (χ1n) is 7.05. The molecule has 2 saturated heterocycles. The van der Waals surface area contributed by atoms with Gasteiger partial charge in [0.15, 0.2) is 0 Å². The maximum atomic E-state index is 12.1. The second kappa shape index (κ2) is 6.32. The molecule has 2 heterocycles. The van der Waals surface area contributed by atoms with Gasteiger partial charge in [0, 0.05) is 18.6 Å². The number of nitrogens with zero attached hydrogens (tertiary/aromatic N) is 1. The zero-order valence-electron chi connectivity index (χ0n) is 11.2. The van der Waals surface area contributed by atoms with Crippen LogP contribution in [0.1, 0.15) is 32.6 Å². The molecule has 6 heteroatoms. The number of rotatable bonds is 5. The molecule has 0 amide bonds. The largest absolute Gasteiger partial charge is 0.313 e. The van der Waals surface area contributed by atoms with E-state index in [0.717, 1.165) is 51.9 Å². The summed E-state index contributed by atoms with van der Waals surface area (Å²) in [6, 6.07) is 0.249. The quantitative estimate of drug-likeness (QED) is 0.749. The molecule has 2 unspecified atom stereocenters. The standard InChI is InChI=1S/C12H25N3O2S/c1-2-15-8-4-6-11(9-15)14-18(16,17)10-12-5-3-7-13-12/h11-14H,2-10H2,1H3. The molecule has 2 fully saturated rings. The minimum absolute atomic E-state index is 0.102. The number of likely N-dealkylation sites (tertiary alicyclic amines) is 1. The molecular weight excluding hydrogens is 250 g/mol.